The largest absolute Gasteiger partial charge is 0.494 e. The Bertz CT molecular complexity index is 379. The van der Waals surface area contributed by atoms with Gasteiger partial charge in [-0.3, -0.25) is 4.79 Å². The van der Waals surface area contributed by atoms with Crippen molar-refractivity contribution in [1.29, 1.82) is 0 Å². The first-order chi connectivity index (χ1) is 7.60. The predicted molar refractivity (Wildman–Crippen MR) is 69.5 cm³/mol. The highest BCUT2D eigenvalue weighted by molar-refractivity contribution is 9.09. The molecule has 1 atom stereocenters. The summed E-state index contributed by atoms with van der Waals surface area (Å²) in [5, 5.41) is 0. The van der Waals surface area contributed by atoms with Gasteiger partial charge in [-0.05, 0) is 37.1 Å². The zero-order chi connectivity index (χ0) is 12.1. The molecule has 16 heavy (non-hydrogen) atoms. The lowest BCUT2D eigenvalue weighted by molar-refractivity contribution is -0.116. The number of alkyl halides is 2. The van der Waals surface area contributed by atoms with Crippen LogP contribution in [-0.4, -0.2) is 12.4 Å². The summed E-state index contributed by atoms with van der Waals surface area (Å²) in [5.74, 6) is 1.21. The SMILES string of the molecule is CCOc1ccc(C(Br)C(C)=O)c(CCl)c1. The summed E-state index contributed by atoms with van der Waals surface area (Å²) in [7, 11) is 0. The first-order valence-electron chi connectivity index (χ1n) is 5.06. The van der Waals surface area contributed by atoms with E-state index in [4.69, 9.17) is 16.3 Å². The van der Waals surface area contributed by atoms with Crippen LogP contribution in [0.25, 0.3) is 0 Å². The molecule has 0 bridgehead atoms. The minimum Gasteiger partial charge on any atom is -0.494 e. The Kier molecular flexibility index (Phi) is 5.29. The molecule has 0 amide bonds. The predicted octanol–water partition coefficient (Wildman–Crippen LogP) is 3.85. The van der Waals surface area contributed by atoms with Gasteiger partial charge in [0.15, 0.2) is 0 Å². The molecule has 88 valence electrons. The van der Waals surface area contributed by atoms with Crippen molar-refractivity contribution in [3.05, 3.63) is 29.3 Å². The van der Waals surface area contributed by atoms with Crippen molar-refractivity contribution in [2.24, 2.45) is 0 Å². The third-order valence-electron chi connectivity index (χ3n) is 2.20. The maximum Gasteiger partial charge on any atom is 0.147 e. The molecule has 0 heterocycles. The first-order valence-corrected chi connectivity index (χ1v) is 6.51. The molecule has 0 aliphatic carbocycles. The van der Waals surface area contributed by atoms with Crippen LogP contribution in [-0.2, 0) is 10.7 Å². The number of ether oxygens (including phenoxy) is 1. The lowest BCUT2D eigenvalue weighted by Gasteiger charge is -2.13. The average molecular weight is 306 g/mol. The minimum absolute atomic E-state index is 0.0653. The van der Waals surface area contributed by atoms with Gasteiger partial charge in [0.1, 0.15) is 11.5 Å². The third kappa shape index (κ3) is 3.22. The molecule has 0 N–H and O–H groups in total. The normalized spacial score (nSPS) is 12.2. The van der Waals surface area contributed by atoms with Crippen LogP contribution in [0.15, 0.2) is 18.2 Å². The van der Waals surface area contributed by atoms with Crippen molar-refractivity contribution in [2.45, 2.75) is 24.6 Å². The lowest BCUT2D eigenvalue weighted by Crippen LogP contribution is -2.04. The highest BCUT2D eigenvalue weighted by atomic mass is 79.9. The molecule has 0 fully saturated rings. The number of Topliss-reactive ketones (excluding diaryl/α,β-unsaturated/α-hetero) is 1. The molecule has 0 radical (unpaired) electrons. The molecule has 2 nitrogen and oxygen atoms in total. The summed E-state index contributed by atoms with van der Waals surface area (Å²) in [6, 6.07) is 5.61. The summed E-state index contributed by atoms with van der Waals surface area (Å²) in [4.78, 5) is 11.0. The monoisotopic (exact) mass is 304 g/mol. The van der Waals surface area contributed by atoms with E-state index in [0.717, 1.165) is 16.9 Å². The second-order valence-corrected chi connectivity index (χ2v) is 4.58. The Hall–Kier alpha value is -0.540. The molecule has 1 aromatic rings. The molecule has 1 aromatic carbocycles. The number of benzene rings is 1. The quantitative estimate of drug-likeness (QED) is 0.772. The van der Waals surface area contributed by atoms with Crippen LogP contribution < -0.4 is 4.74 Å². The molecule has 0 saturated heterocycles. The number of carbonyl (C=O) groups is 1. The van der Waals surface area contributed by atoms with E-state index in [2.05, 4.69) is 15.9 Å². The van der Waals surface area contributed by atoms with Crippen molar-refractivity contribution >= 4 is 33.3 Å². The number of ketones is 1. The summed E-state index contributed by atoms with van der Waals surface area (Å²) in [6.45, 7) is 4.09. The fraction of sp³-hybridized carbons (Fsp3) is 0.417. The second kappa shape index (κ2) is 6.26. The standard InChI is InChI=1S/C12H14BrClO2/c1-3-16-10-4-5-11(9(6-10)7-14)12(13)8(2)15/h4-6,12H,3,7H2,1-2H3. The third-order valence-corrected chi connectivity index (χ3v) is 3.63. The van der Waals surface area contributed by atoms with Gasteiger partial charge in [0.2, 0.25) is 0 Å². The zero-order valence-electron chi connectivity index (χ0n) is 9.30. The summed E-state index contributed by atoms with van der Waals surface area (Å²) in [5.41, 5.74) is 1.83. The van der Waals surface area contributed by atoms with Crippen LogP contribution in [0.1, 0.15) is 29.8 Å². The summed E-state index contributed by atoms with van der Waals surface area (Å²) < 4.78 is 5.38. The van der Waals surface area contributed by atoms with Crippen LogP contribution in [0.4, 0.5) is 0 Å². The van der Waals surface area contributed by atoms with E-state index >= 15 is 0 Å². The van der Waals surface area contributed by atoms with Crippen LogP contribution in [0.5, 0.6) is 5.75 Å². The molecular formula is C12H14BrClO2. The van der Waals surface area contributed by atoms with E-state index in [9.17, 15) is 4.79 Å². The maximum absolute atomic E-state index is 11.3. The van der Waals surface area contributed by atoms with Crippen LogP contribution in [0.3, 0.4) is 0 Å². The first kappa shape index (κ1) is 13.5. The minimum atomic E-state index is -0.295. The van der Waals surface area contributed by atoms with Gasteiger partial charge in [-0.25, -0.2) is 0 Å². The van der Waals surface area contributed by atoms with E-state index in [1.807, 2.05) is 25.1 Å². The molecule has 0 aliphatic heterocycles. The Labute approximate surface area is 109 Å². The molecule has 1 rings (SSSR count). The molecule has 4 heteroatoms. The van der Waals surface area contributed by atoms with Crippen LogP contribution in [0.2, 0.25) is 0 Å². The van der Waals surface area contributed by atoms with E-state index in [0.29, 0.717) is 12.5 Å². The molecule has 0 saturated carbocycles. The van der Waals surface area contributed by atoms with Gasteiger partial charge in [-0.2, -0.15) is 0 Å². The van der Waals surface area contributed by atoms with Crippen LogP contribution >= 0.6 is 27.5 Å². The van der Waals surface area contributed by atoms with Crippen molar-refractivity contribution in [1.82, 2.24) is 0 Å². The fourth-order valence-corrected chi connectivity index (χ4v) is 2.10. The van der Waals surface area contributed by atoms with Gasteiger partial charge in [0.05, 0.1) is 11.4 Å². The summed E-state index contributed by atoms with van der Waals surface area (Å²) in [6.07, 6.45) is 0. The number of hydrogen-bond acceptors (Lipinski definition) is 2. The maximum atomic E-state index is 11.3. The topological polar surface area (TPSA) is 26.3 Å². The molecule has 0 aliphatic rings. The van der Waals surface area contributed by atoms with Gasteiger partial charge in [-0.15, -0.1) is 11.6 Å². The second-order valence-electron chi connectivity index (χ2n) is 3.40. The van der Waals surface area contributed by atoms with E-state index in [1.54, 1.807) is 6.92 Å². The van der Waals surface area contributed by atoms with Crippen molar-refractivity contribution in [3.8, 4) is 5.75 Å². The van der Waals surface area contributed by atoms with Gasteiger partial charge in [0.25, 0.3) is 0 Å². The summed E-state index contributed by atoms with van der Waals surface area (Å²) >= 11 is 9.22. The number of rotatable bonds is 5. The smallest absolute Gasteiger partial charge is 0.147 e. The van der Waals surface area contributed by atoms with E-state index in [-0.39, 0.29) is 10.6 Å². The average Bonchev–Trinajstić information content (AvgIpc) is 2.28. The Morgan fingerprint density at radius 3 is 2.75 bits per heavy atom. The zero-order valence-corrected chi connectivity index (χ0v) is 11.6. The highest BCUT2D eigenvalue weighted by Crippen LogP contribution is 2.30. The van der Waals surface area contributed by atoms with Crippen LogP contribution in [0, 0.1) is 0 Å². The van der Waals surface area contributed by atoms with Crippen molar-refractivity contribution in [3.63, 3.8) is 0 Å². The fourth-order valence-electron chi connectivity index (χ4n) is 1.42. The molecular weight excluding hydrogens is 291 g/mol. The van der Waals surface area contributed by atoms with Gasteiger partial charge in [0, 0.05) is 5.88 Å². The van der Waals surface area contributed by atoms with Gasteiger partial charge in [-0.1, -0.05) is 22.0 Å². The van der Waals surface area contributed by atoms with E-state index < -0.39 is 0 Å². The van der Waals surface area contributed by atoms with Gasteiger partial charge < -0.3 is 4.74 Å². The van der Waals surface area contributed by atoms with Gasteiger partial charge >= 0.3 is 0 Å². The number of carbonyl (C=O) groups excluding carboxylic acids is 1. The Balaban J connectivity index is 3.06. The van der Waals surface area contributed by atoms with Crippen molar-refractivity contribution in [2.75, 3.05) is 6.61 Å². The number of hydrogen-bond donors (Lipinski definition) is 0. The highest BCUT2D eigenvalue weighted by Gasteiger charge is 2.16. The molecule has 0 spiro atoms. The Morgan fingerprint density at radius 2 is 2.25 bits per heavy atom. The molecule has 0 aromatic heterocycles. The lowest BCUT2D eigenvalue weighted by atomic mass is 10.0. The molecule has 1 unspecified atom stereocenters. The van der Waals surface area contributed by atoms with E-state index in [1.165, 1.54) is 0 Å². The Morgan fingerprint density at radius 1 is 1.56 bits per heavy atom. The number of halogens is 2. The van der Waals surface area contributed by atoms with Crippen molar-refractivity contribution < 1.29 is 9.53 Å².